The second-order valence-corrected chi connectivity index (χ2v) is 3.91. The molecule has 5 nitrogen and oxygen atoms in total. The molecule has 1 heterocycles. The fraction of sp³-hybridized carbons (Fsp3) is 0.400. The predicted molar refractivity (Wildman–Crippen MR) is 59.7 cm³/mol. The molecule has 0 saturated heterocycles. The Morgan fingerprint density at radius 1 is 1.56 bits per heavy atom. The quantitative estimate of drug-likeness (QED) is 0.862. The van der Waals surface area contributed by atoms with Gasteiger partial charge in [-0.15, -0.1) is 0 Å². The van der Waals surface area contributed by atoms with Gasteiger partial charge in [0.2, 0.25) is 0 Å². The highest BCUT2D eigenvalue weighted by Gasteiger charge is 2.23. The van der Waals surface area contributed by atoms with Gasteiger partial charge in [-0.3, -0.25) is 0 Å². The molecule has 0 aromatic carbocycles. The topological polar surface area (TPSA) is 76.7 Å². The van der Waals surface area contributed by atoms with Crippen molar-refractivity contribution >= 4 is 21.9 Å². The van der Waals surface area contributed by atoms with Crippen LogP contribution in [0, 0.1) is 6.92 Å². The maximum atomic E-state index is 11.4. The van der Waals surface area contributed by atoms with Gasteiger partial charge in [-0.1, -0.05) is 6.92 Å². The molecule has 16 heavy (non-hydrogen) atoms. The average molecular weight is 291 g/mol. The third kappa shape index (κ3) is 2.44. The van der Waals surface area contributed by atoms with E-state index in [9.17, 15) is 14.7 Å². The minimum atomic E-state index is -0.903. The van der Waals surface area contributed by atoms with Crippen molar-refractivity contribution in [2.75, 3.05) is 6.61 Å². The first-order chi connectivity index (χ1) is 7.49. The van der Waals surface area contributed by atoms with E-state index in [2.05, 4.69) is 15.9 Å². The molecular formula is C10H11BrO5. The standard InChI is InChI=1S/C10H11BrO5/c1-3-4-15-9(13)6-8(12)7(11)5(2)16-10(6)14/h12H,3-4H2,1-2H3. The second-order valence-electron chi connectivity index (χ2n) is 3.12. The lowest BCUT2D eigenvalue weighted by Crippen LogP contribution is -2.18. The second kappa shape index (κ2) is 5.16. The van der Waals surface area contributed by atoms with Crippen LogP contribution >= 0.6 is 15.9 Å². The summed E-state index contributed by atoms with van der Waals surface area (Å²) in [4.78, 5) is 22.8. The Morgan fingerprint density at radius 2 is 2.19 bits per heavy atom. The van der Waals surface area contributed by atoms with Crippen LogP contribution in [-0.2, 0) is 4.74 Å². The molecule has 0 radical (unpaired) electrons. The molecule has 1 aromatic rings. The number of rotatable bonds is 3. The third-order valence-corrected chi connectivity index (χ3v) is 2.78. The average Bonchev–Trinajstić information content (AvgIpc) is 2.23. The van der Waals surface area contributed by atoms with Crippen LogP contribution in [0.15, 0.2) is 13.7 Å². The molecular weight excluding hydrogens is 280 g/mol. The lowest BCUT2D eigenvalue weighted by molar-refractivity contribution is 0.0495. The molecule has 0 aliphatic heterocycles. The van der Waals surface area contributed by atoms with Crippen LogP contribution in [0.3, 0.4) is 0 Å². The van der Waals surface area contributed by atoms with Crippen molar-refractivity contribution in [3.8, 4) is 5.75 Å². The monoisotopic (exact) mass is 290 g/mol. The van der Waals surface area contributed by atoms with Crippen LogP contribution < -0.4 is 5.63 Å². The summed E-state index contributed by atoms with van der Waals surface area (Å²) < 4.78 is 9.69. The zero-order chi connectivity index (χ0) is 12.3. The molecule has 88 valence electrons. The van der Waals surface area contributed by atoms with E-state index >= 15 is 0 Å². The van der Waals surface area contributed by atoms with Crippen LogP contribution in [0.25, 0.3) is 0 Å². The molecule has 0 amide bonds. The van der Waals surface area contributed by atoms with Gasteiger partial charge in [0.15, 0.2) is 11.3 Å². The molecule has 6 heteroatoms. The van der Waals surface area contributed by atoms with E-state index in [-0.39, 0.29) is 16.8 Å². The molecule has 1 N–H and O–H groups in total. The zero-order valence-corrected chi connectivity index (χ0v) is 10.5. The number of carbonyl (C=O) groups is 1. The summed E-state index contributed by atoms with van der Waals surface area (Å²) in [5.41, 5.74) is -1.38. The molecule has 0 bridgehead atoms. The van der Waals surface area contributed by atoms with Crippen LogP contribution in [0.1, 0.15) is 29.5 Å². The highest BCUT2D eigenvalue weighted by Crippen LogP contribution is 2.28. The first-order valence-corrected chi connectivity index (χ1v) is 5.47. The van der Waals surface area contributed by atoms with Crippen molar-refractivity contribution in [2.45, 2.75) is 20.3 Å². The first-order valence-electron chi connectivity index (χ1n) is 4.68. The van der Waals surface area contributed by atoms with E-state index in [1.165, 1.54) is 6.92 Å². The Balaban J connectivity index is 3.19. The summed E-state index contributed by atoms with van der Waals surface area (Å²) in [5, 5.41) is 9.62. The lowest BCUT2D eigenvalue weighted by Gasteiger charge is -2.06. The number of aryl methyl sites for hydroxylation is 1. The van der Waals surface area contributed by atoms with Crippen LogP contribution in [0.4, 0.5) is 0 Å². The number of halogens is 1. The van der Waals surface area contributed by atoms with Gasteiger partial charge in [0.25, 0.3) is 0 Å². The highest BCUT2D eigenvalue weighted by molar-refractivity contribution is 9.10. The van der Waals surface area contributed by atoms with Crippen LogP contribution in [-0.4, -0.2) is 17.7 Å². The molecule has 1 rings (SSSR count). The summed E-state index contributed by atoms with van der Waals surface area (Å²) in [6.45, 7) is 3.50. The molecule has 1 aromatic heterocycles. The summed E-state index contributed by atoms with van der Waals surface area (Å²) in [5.74, 6) is -1.13. The minimum Gasteiger partial charge on any atom is -0.505 e. The number of esters is 1. The van der Waals surface area contributed by atoms with E-state index < -0.39 is 22.9 Å². The van der Waals surface area contributed by atoms with E-state index in [0.29, 0.717) is 6.42 Å². The zero-order valence-electron chi connectivity index (χ0n) is 8.87. The molecule has 0 spiro atoms. The van der Waals surface area contributed by atoms with Gasteiger partial charge in [0, 0.05) is 0 Å². The summed E-state index contributed by atoms with van der Waals surface area (Å²) in [6, 6.07) is 0. The Bertz CT molecular complexity index is 463. The van der Waals surface area contributed by atoms with Gasteiger partial charge in [0.1, 0.15) is 5.76 Å². The normalized spacial score (nSPS) is 10.2. The van der Waals surface area contributed by atoms with Crippen molar-refractivity contribution in [3.05, 3.63) is 26.2 Å². The van der Waals surface area contributed by atoms with E-state index in [4.69, 9.17) is 9.15 Å². The molecule has 0 fully saturated rings. The Kier molecular flexibility index (Phi) is 4.12. The molecule has 0 unspecified atom stereocenters. The number of hydrogen-bond donors (Lipinski definition) is 1. The van der Waals surface area contributed by atoms with Crippen molar-refractivity contribution in [1.29, 1.82) is 0 Å². The van der Waals surface area contributed by atoms with Crippen molar-refractivity contribution in [1.82, 2.24) is 0 Å². The first kappa shape index (κ1) is 12.8. The SMILES string of the molecule is CCCOC(=O)c1c(O)c(Br)c(C)oc1=O. The maximum Gasteiger partial charge on any atom is 0.354 e. The van der Waals surface area contributed by atoms with Gasteiger partial charge < -0.3 is 14.3 Å². The van der Waals surface area contributed by atoms with Crippen molar-refractivity contribution in [3.63, 3.8) is 0 Å². The smallest absolute Gasteiger partial charge is 0.354 e. The fourth-order valence-corrected chi connectivity index (χ4v) is 1.33. The number of carbonyl (C=O) groups excluding carboxylic acids is 1. The number of hydrogen-bond acceptors (Lipinski definition) is 5. The van der Waals surface area contributed by atoms with Crippen molar-refractivity contribution < 1.29 is 19.1 Å². The Labute approximate surface area is 100 Å². The van der Waals surface area contributed by atoms with Gasteiger partial charge in [-0.05, 0) is 29.3 Å². The molecule has 0 aliphatic carbocycles. The number of ether oxygens (including phenoxy) is 1. The minimum absolute atomic E-state index is 0.176. The predicted octanol–water partition coefficient (Wildman–Crippen LogP) is 1.98. The number of aromatic hydroxyl groups is 1. The molecule has 0 aliphatic rings. The van der Waals surface area contributed by atoms with Crippen LogP contribution in [0.5, 0.6) is 5.75 Å². The maximum absolute atomic E-state index is 11.4. The Hall–Kier alpha value is -1.30. The van der Waals surface area contributed by atoms with E-state index in [1.54, 1.807) is 0 Å². The van der Waals surface area contributed by atoms with Gasteiger partial charge in [-0.25, -0.2) is 9.59 Å². The van der Waals surface area contributed by atoms with Gasteiger partial charge in [0.05, 0.1) is 11.1 Å². The van der Waals surface area contributed by atoms with E-state index in [1.807, 2.05) is 6.92 Å². The summed E-state index contributed by atoms with van der Waals surface area (Å²) in [7, 11) is 0. The lowest BCUT2D eigenvalue weighted by atomic mass is 10.2. The van der Waals surface area contributed by atoms with E-state index in [0.717, 1.165) is 0 Å². The summed E-state index contributed by atoms with van der Waals surface area (Å²) >= 11 is 3.01. The van der Waals surface area contributed by atoms with Crippen LogP contribution in [0.2, 0.25) is 0 Å². The van der Waals surface area contributed by atoms with Gasteiger partial charge in [-0.2, -0.15) is 0 Å². The fourth-order valence-electron chi connectivity index (χ4n) is 1.05. The summed E-state index contributed by atoms with van der Waals surface area (Å²) in [6.07, 6.45) is 0.630. The van der Waals surface area contributed by atoms with Gasteiger partial charge >= 0.3 is 11.6 Å². The molecule has 0 saturated carbocycles. The third-order valence-electron chi connectivity index (χ3n) is 1.85. The highest BCUT2D eigenvalue weighted by atomic mass is 79.9. The largest absolute Gasteiger partial charge is 0.505 e. The van der Waals surface area contributed by atoms with Crippen molar-refractivity contribution in [2.24, 2.45) is 0 Å². The molecule has 0 atom stereocenters. The Morgan fingerprint density at radius 3 is 2.75 bits per heavy atom.